The van der Waals surface area contributed by atoms with Crippen LogP contribution in [0.25, 0.3) is 0 Å². The van der Waals surface area contributed by atoms with E-state index < -0.39 is 18.6 Å². The highest BCUT2D eigenvalue weighted by atomic mass is 31.2. The third-order valence-electron chi connectivity index (χ3n) is 2.40. The third kappa shape index (κ3) is 4.26. The van der Waals surface area contributed by atoms with Crippen molar-refractivity contribution in [3.63, 3.8) is 0 Å². The van der Waals surface area contributed by atoms with Crippen LogP contribution in [0, 0.1) is 5.41 Å². The predicted molar refractivity (Wildman–Crippen MR) is 66.8 cm³/mol. The lowest BCUT2D eigenvalue weighted by atomic mass is 9.96. The first-order valence-corrected chi connectivity index (χ1v) is 7.59. The molecule has 0 heterocycles. The topological polar surface area (TPSA) is 55.4 Å². The first kappa shape index (κ1) is 15.7. The minimum atomic E-state index is -2.75. The minimum Gasteiger partial charge on any atom is -0.344 e. The summed E-state index contributed by atoms with van der Waals surface area (Å²) in [4.78, 5) is 11.8. The Morgan fingerprint density at radius 1 is 1.38 bits per heavy atom. The fraction of sp³-hybridized carbons (Fsp3) is 0.909. The second kappa shape index (κ2) is 5.83. The van der Waals surface area contributed by atoms with Gasteiger partial charge in [-0.25, -0.2) is 0 Å². The van der Waals surface area contributed by atoms with Gasteiger partial charge < -0.3 is 9.84 Å². The Labute approximate surface area is 98.6 Å². The SMILES string of the molecule is CCO[P@](=O)(CC)[C@@H](C)NC(=O)C(C)(C)C. The molecule has 0 saturated heterocycles. The van der Waals surface area contributed by atoms with Crippen LogP contribution in [0.3, 0.4) is 0 Å². The van der Waals surface area contributed by atoms with Crippen LogP contribution in [0.5, 0.6) is 0 Å². The number of rotatable bonds is 5. The average Bonchev–Trinajstić information content (AvgIpc) is 2.16. The van der Waals surface area contributed by atoms with Gasteiger partial charge in [-0.1, -0.05) is 27.7 Å². The normalized spacial score (nSPS) is 17.6. The smallest absolute Gasteiger partial charge is 0.226 e. The van der Waals surface area contributed by atoms with Gasteiger partial charge >= 0.3 is 0 Å². The molecule has 16 heavy (non-hydrogen) atoms. The predicted octanol–water partition coefficient (Wildman–Crippen LogP) is 2.83. The van der Waals surface area contributed by atoms with E-state index in [0.29, 0.717) is 12.8 Å². The number of hydrogen-bond acceptors (Lipinski definition) is 3. The number of hydrogen-bond donors (Lipinski definition) is 1. The molecule has 0 rings (SSSR count). The van der Waals surface area contributed by atoms with Crippen molar-refractivity contribution in [1.29, 1.82) is 0 Å². The van der Waals surface area contributed by atoms with Crippen molar-refractivity contribution in [2.45, 2.75) is 47.3 Å². The Kier molecular flexibility index (Phi) is 5.71. The summed E-state index contributed by atoms with van der Waals surface area (Å²) < 4.78 is 17.6. The van der Waals surface area contributed by atoms with Gasteiger partial charge in [0.05, 0.1) is 6.61 Å². The van der Waals surface area contributed by atoms with Gasteiger partial charge in [0.25, 0.3) is 0 Å². The van der Waals surface area contributed by atoms with Crippen LogP contribution in [0.4, 0.5) is 0 Å². The van der Waals surface area contributed by atoms with Crippen molar-refractivity contribution in [2.24, 2.45) is 5.41 Å². The van der Waals surface area contributed by atoms with Crippen molar-refractivity contribution in [2.75, 3.05) is 12.8 Å². The highest BCUT2D eigenvalue weighted by Gasteiger charge is 2.32. The van der Waals surface area contributed by atoms with E-state index in [2.05, 4.69) is 5.32 Å². The van der Waals surface area contributed by atoms with E-state index in [-0.39, 0.29) is 5.91 Å². The van der Waals surface area contributed by atoms with Gasteiger partial charge in [-0.3, -0.25) is 9.36 Å². The molecule has 0 radical (unpaired) electrons. The average molecular weight is 249 g/mol. The zero-order valence-corrected chi connectivity index (χ0v) is 12.1. The van der Waals surface area contributed by atoms with Gasteiger partial charge in [0.15, 0.2) is 0 Å². The molecule has 0 aromatic heterocycles. The maximum atomic E-state index is 12.3. The molecule has 1 amide bonds. The molecule has 0 aliphatic rings. The largest absolute Gasteiger partial charge is 0.344 e. The second-order valence-electron chi connectivity index (χ2n) is 4.86. The summed E-state index contributed by atoms with van der Waals surface area (Å²) in [6.45, 7) is 11.2. The van der Waals surface area contributed by atoms with E-state index in [1.165, 1.54) is 0 Å². The number of nitrogens with one attached hydrogen (secondary N) is 1. The fourth-order valence-corrected chi connectivity index (χ4v) is 2.90. The summed E-state index contributed by atoms with van der Waals surface area (Å²) in [5.74, 6) is -0.530. The van der Waals surface area contributed by atoms with E-state index >= 15 is 0 Å². The van der Waals surface area contributed by atoms with Crippen molar-refractivity contribution >= 4 is 13.3 Å². The zero-order chi connectivity index (χ0) is 13.0. The molecule has 0 aromatic carbocycles. The molecular formula is C11H24NO3P. The van der Waals surface area contributed by atoms with Crippen LogP contribution >= 0.6 is 7.37 Å². The second-order valence-corrected chi connectivity index (χ2v) is 7.98. The molecule has 96 valence electrons. The summed E-state index contributed by atoms with van der Waals surface area (Å²) in [5.41, 5.74) is -0.473. The first-order valence-electron chi connectivity index (χ1n) is 5.71. The Bertz CT molecular complexity index is 283. The summed E-state index contributed by atoms with van der Waals surface area (Å²) in [6.07, 6.45) is 0.437. The highest BCUT2D eigenvalue weighted by Crippen LogP contribution is 2.50. The molecule has 1 N–H and O–H groups in total. The minimum absolute atomic E-state index is 0.103. The molecule has 4 nitrogen and oxygen atoms in total. The van der Waals surface area contributed by atoms with E-state index in [4.69, 9.17) is 4.52 Å². The van der Waals surface area contributed by atoms with Crippen LogP contribution in [-0.2, 0) is 13.9 Å². The zero-order valence-electron chi connectivity index (χ0n) is 11.2. The fourth-order valence-electron chi connectivity index (χ4n) is 1.20. The first-order chi connectivity index (χ1) is 7.17. The van der Waals surface area contributed by atoms with E-state index in [0.717, 1.165) is 0 Å². The van der Waals surface area contributed by atoms with Crippen LogP contribution in [0.2, 0.25) is 0 Å². The van der Waals surface area contributed by atoms with Crippen molar-refractivity contribution in [3.05, 3.63) is 0 Å². The third-order valence-corrected chi connectivity index (χ3v) is 5.29. The summed E-state index contributed by atoms with van der Waals surface area (Å²) in [7, 11) is -2.75. The van der Waals surface area contributed by atoms with E-state index in [9.17, 15) is 9.36 Å². The number of carbonyl (C=O) groups is 1. The molecule has 0 fully saturated rings. The van der Waals surface area contributed by atoms with Gasteiger partial charge in [-0.2, -0.15) is 0 Å². The van der Waals surface area contributed by atoms with Gasteiger partial charge in [0.2, 0.25) is 13.3 Å². The van der Waals surface area contributed by atoms with E-state index in [1.54, 1.807) is 13.8 Å². The van der Waals surface area contributed by atoms with Crippen molar-refractivity contribution in [1.82, 2.24) is 5.32 Å². The summed E-state index contributed by atoms with van der Waals surface area (Å²) in [5, 5.41) is 2.77. The molecule has 0 aliphatic heterocycles. The van der Waals surface area contributed by atoms with Gasteiger partial charge in [0, 0.05) is 11.6 Å². The molecule has 0 aliphatic carbocycles. The Morgan fingerprint density at radius 2 is 1.88 bits per heavy atom. The lowest BCUT2D eigenvalue weighted by Crippen LogP contribution is -2.40. The van der Waals surface area contributed by atoms with Crippen LogP contribution in [-0.4, -0.2) is 24.5 Å². The molecule has 5 heteroatoms. The quantitative estimate of drug-likeness (QED) is 0.762. The lowest BCUT2D eigenvalue weighted by molar-refractivity contribution is -0.128. The number of carbonyl (C=O) groups excluding carboxylic acids is 1. The van der Waals surface area contributed by atoms with Gasteiger partial charge in [0.1, 0.15) is 5.78 Å². The molecule has 0 saturated carbocycles. The molecule has 0 spiro atoms. The van der Waals surface area contributed by atoms with Crippen molar-refractivity contribution < 1.29 is 13.9 Å². The van der Waals surface area contributed by atoms with Crippen LogP contribution < -0.4 is 5.32 Å². The summed E-state index contributed by atoms with van der Waals surface area (Å²) >= 11 is 0. The number of amides is 1. The monoisotopic (exact) mass is 249 g/mol. The van der Waals surface area contributed by atoms with Crippen molar-refractivity contribution in [3.8, 4) is 0 Å². The standard InChI is InChI=1S/C11H24NO3P/c1-7-15-16(14,8-2)9(3)12-10(13)11(4,5)6/h9H,7-8H2,1-6H3,(H,12,13)/t9-,16+/m0/s1. The summed E-state index contributed by atoms with van der Waals surface area (Å²) in [6, 6.07) is 0. The van der Waals surface area contributed by atoms with E-state index in [1.807, 2.05) is 27.7 Å². The van der Waals surface area contributed by atoms with Crippen LogP contribution in [0.15, 0.2) is 0 Å². The molecule has 2 atom stereocenters. The molecular weight excluding hydrogens is 225 g/mol. The van der Waals surface area contributed by atoms with Gasteiger partial charge in [-0.15, -0.1) is 0 Å². The highest BCUT2D eigenvalue weighted by molar-refractivity contribution is 7.59. The Balaban J connectivity index is 4.62. The van der Waals surface area contributed by atoms with Gasteiger partial charge in [-0.05, 0) is 13.8 Å². The lowest BCUT2D eigenvalue weighted by Gasteiger charge is -2.27. The maximum Gasteiger partial charge on any atom is 0.226 e. The maximum absolute atomic E-state index is 12.3. The molecule has 0 unspecified atom stereocenters. The Morgan fingerprint density at radius 3 is 2.19 bits per heavy atom. The Hall–Kier alpha value is -0.340. The molecule has 0 aromatic rings. The van der Waals surface area contributed by atoms with Crippen LogP contribution in [0.1, 0.15) is 41.5 Å². The molecule has 0 bridgehead atoms.